The standard InChI is InChI=1S/C21H19N5O5S/c1-31-17-7-2-5-15(11-17)14-25-20(24-19-9-4-10-22-21(19)25)13-23-32(29,30)18-8-3-6-16(12-18)26(27)28/h2-12,23H,13-14H2,1H3. The molecule has 10 nitrogen and oxygen atoms in total. The molecular formula is C21H19N5O5S. The van der Waals surface area contributed by atoms with Crippen LogP contribution in [0.4, 0.5) is 5.69 Å². The number of hydrogen-bond acceptors (Lipinski definition) is 7. The van der Waals surface area contributed by atoms with E-state index in [0.29, 0.717) is 29.3 Å². The summed E-state index contributed by atoms with van der Waals surface area (Å²) in [5.41, 5.74) is 1.86. The Kier molecular flexibility index (Phi) is 5.84. The van der Waals surface area contributed by atoms with Gasteiger partial charge in [-0.05, 0) is 35.9 Å². The second-order valence-corrected chi connectivity index (χ2v) is 8.66. The van der Waals surface area contributed by atoms with Gasteiger partial charge in [0.1, 0.15) is 17.1 Å². The molecule has 0 unspecified atom stereocenters. The Bertz CT molecular complexity index is 1400. The van der Waals surface area contributed by atoms with Crippen LogP contribution >= 0.6 is 0 Å². The fraction of sp³-hybridized carbons (Fsp3) is 0.143. The van der Waals surface area contributed by atoms with Gasteiger partial charge >= 0.3 is 0 Å². The number of fused-ring (bicyclic) bond motifs is 1. The number of non-ortho nitro benzene ring substituents is 1. The highest BCUT2D eigenvalue weighted by molar-refractivity contribution is 7.89. The van der Waals surface area contributed by atoms with Crippen LogP contribution < -0.4 is 9.46 Å². The summed E-state index contributed by atoms with van der Waals surface area (Å²) in [5, 5.41) is 11.0. The first kappa shape index (κ1) is 21.4. The van der Waals surface area contributed by atoms with Gasteiger partial charge in [-0.25, -0.2) is 23.1 Å². The molecule has 164 valence electrons. The number of nitro groups is 1. The van der Waals surface area contributed by atoms with Gasteiger partial charge < -0.3 is 9.30 Å². The molecule has 2 heterocycles. The Morgan fingerprint density at radius 3 is 2.72 bits per heavy atom. The maximum absolute atomic E-state index is 12.7. The third kappa shape index (κ3) is 4.43. The van der Waals surface area contributed by atoms with Crippen LogP contribution in [-0.4, -0.2) is 35.0 Å². The highest BCUT2D eigenvalue weighted by Gasteiger charge is 2.20. The third-order valence-electron chi connectivity index (χ3n) is 4.82. The van der Waals surface area contributed by atoms with Gasteiger partial charge in [-0.15, -0.1) is 0 Å². The fourth-order valence-corrected chi connectivity index (χ4v) is 4.29. The van der Waals surface area contributed by atoms with Gasteiger partial charge in [-0.3, -0.25) is 10.1 Å². The number of nitrogens with zero attached hydrogens (tertiary/aromatic N) is 4. The van der Waals surface area contributed by atoms with Gasteiger partial charge in [-0.1, -0.05) is 18.2 Å². The van der Waals surface area contributed by atoms with Crippen LogP contribution in [0, 0.1) is 10.1 Å². The molecule has 0 radical (unpaired) electrons. The lowest BCUT2D eigenvalue weighted by molar-refractivity contribution is -0.385. The summed E-state index contributed by atoms with van der Waals surface area (Å²) in [6.45, 7) is 0.282. The van der Waals surface area contributed by atoms with E-state index in [9.17, 15) is 18.5 Å². The van der Waals surface area contributed by atoms with E-state index in [2.05, 4.69) is 14.7 Å². The number of hydrogen-bond donors (Lipinski definition) is 1. The average Bonchev–Trinajstić information content (AvgIpc) is 3.15. The SMILES string of the molecule is COc1cccc(Cn2c(CNS(=O)(=O)c3cccc([N+](=O)[O-])c3)nc3cccnc32)c1. The molecule has 0 bridgehead atoms. The van der Waals surface area contributed by atoms with E-state index < -0.39 is 14.9 Å². The predicted molar refractivity (Wildman–Crippen MR) is 117 cm³/mol. The lowest BCUT2D eigenvalue weighted by atomic mass is 10.2. The van der Waals surface area contributed by atoms with Gasteiger partial charge in [0.05, 0.1) is 30.0 Å². The molecule has 0 aliphatic rings. The van der Waals surface area contributed by atoms with E-state index in [1.165, 1.54) is 18.2 Å². The quantitative estimate of drug-likeness (QED) is 0.321. The van der Waals surface area contributed by atoms with E-state index in [1.54, 1.807) is 25.4 Å². The molecule has 32 heavy (non-hydrogen) atoms. The Morgan fingerprint density at radius 2 is 1.94 bits per heavy atom. The molecule has 0 fully saturated rings. The Hall–Kier alpha value is -3.83. The molecule has 2 aromatic heterocycles. The first-order valence-electron chi connectivity index (χ1n) is 9.54. The molecule has 0 amide bonds. The number of pyridine rings is 1. The molecule has 2 aromatic carbocycles. The Balaban J connectivity index is 1.65. The lowest BCUT2D eigenvalue weighted by Gasteiger charge is -2.11. The van der Waals surface area contributed by atoms with Crippen molar-refractivity contribution < 1.29 is 18.1 Å². The minimum Gasteiger partial charge on any atom is -0.497 e. The highest BCUT2D eigenvalue weighted by Crippen LogP contribution is 2.20. The Labute approximate surface area is 183 Å². The number of nitro benzene ring substituents is 1. The minimum atomic E-state index is -4.00. The van der Waals surface area contributed by atoms with Gasteiger partial charge in [0, 0.05) is 18.3 Å². The van der Waals surface area contributed by atoms with Crippen LogP contribution in [0.2, 0.25) is 0 Å². The minimum absolute atomic E-state index is 0.120. The van der Waals surface area contributed by atoms with Crippen LogP contribution in [0.15, 0.2) is 71.8 Å². The number of imidazole rings is 1. The molecule has 4 aromatic rings. The van der Waals surface area contributed by atoms with Gasteiger partial charge in [0.15, 0.2) is 5.65 Å². The molecular weight excluding hydrogens is 434 g/mol. The summed E-state index contributed by atoms with van der Waals surface area (Å²) in [5.74, 6) is 1.16. The van der Waals surface area contributed by atoms with Crippen molar-refractivity contribution in [1.29, 1.82) is 0 Å². The fourth-order valence-electron chi connectivity index (χ4n) is 3.27. The number of ether oxygens (including phenoxy) is 1. The van der Waals surface area contributed by atoms with E-state index in [-0.39, 0.29) is 17.1 Å². The molecule has 0 atom stereocenters. The second-order valence-electron chi connectivity index (χ2n) is 6.89. The van der Waals surface area contributed by atoms with Crippen molar-refractivity contribution in [2.24, 2.45) is 0 Å². The number of rotatable bonds is 8. The summed E-state index contributed by atoms with van der Waals surface area (Å²) in [6, 6.07) is 15.9. The lowest BCUT2D eigenvalue weighted by Crippen LogP contribution is -2.25. The maximum atomic E-state index is 12.7. The zero-order valence-electron chi connectivity index (χ0n) is 17.0. The zero-order valence-corrected chi connectivity index (χ0v) is 17.8. The van der Waals surface area contributed by atoms with E-state index >= 15 is 0 Å². The van der Waals surface area contributed by atoms with E-state index in [4.69, 9.17) is 4.74 Å². The summed E-state index contributed by atoms with van der Waals surface area (Å²) in [7, 11) is -2.42. The van der Waals surface area contributed by atoms with Crippen LogP contribution in [0.5, 0.6) is 5.75 Å². The zero-order chi connectivity index (χ0) is 22.7. The maximum Gasteiger partial charge on any atom is 0.270 e. The first-order chi connectivity index (χ1) is 15.4. The van der Waals surface area contributed by atoms with Crippen molar-refractivity contribution >= 4 is 26.9 Å². The van der Waals surface area contributed by atoms with Crippen LogP contribution in [0.1, 0.15) is 11.4 Å². The molecule has 0 spiro atoms. The van der Waals surface area contributed by atoms with Crippen molar-refractivity contribution in [2.75, 3.05) is 7.11 Å². The predicted octanol–water partition coefficient (Wildman–Crippen LogP) is 2.87. The number of methoxy groups -OCH3 is 1. The number of aromatic nitrogens is 3. The molecule has 0 saturated heterocycles. The van der Waals surface area contributed by atoms with Crippen LogP contribution in [-0.2, 0) is 23.1 Å². The molecule has 4 rings (SSSR count). The molecule has 0 saturated carbocycles. The van der Waals surface area contributed by atoms with Crippen LogP contribution in [0.25, 0.3) is 11.2 Å². The van der Waals surface area contributed by atoms with E-state index in [0.717, 1.165) is 11.6 Å². The monoisotopic (exact) mass is 453 g/mol. The summed E-state index contributed by atoms with van der Waals surface area (Å²) >= 11 is 0. The van der Waals surface area contributed by atoms with Crippen LogP contribution in [0.3, 0.4) is 0 Å². The largest absolute Gasteiger partial charge is 0.497 e. The highest BCUT2D eigenvalue weighted by atomic mass is 32.2. The topological polar surface area (TPSA) is 129 Å². The van der Waals surface area contributed by atoms with Gasteiger partial charge in [-0.2, -0.15) is 0 Å². The molecule has 11 heteroatoms. The van der Waals surface area contributed by atoms with Crippen molar-refractivity contribution in [3.8, 4) is 5.75 Å². The van der Waals surface area contributed by atoms with E-state index in [1.807, 2.05) is 28.8 Å². The smallest absolute Gasteiger partial charge is 0.270 e. The summed E-state index contributed by atoms with van der Waals surface area (Å²) < 4.78 is 35.1. The van der Waals surface area contributed by atoms with Gasteiger partial charge in [0.2, 0.25) is 10.0 Å². The number of nitrogens with one attached hydrogen (secondary N) is 1. The second kappa shape index (κ2) is 8.73. The molecule has 0 aliphatic heterocycles. The Morgan fingerprint density at radius 1 is 1.12 bits per heavy atom. The molecule has 0 aliphatic carbocycles. The summed E-state index contributed by atoms with van der Waals surface area (Å²) in [4.78, 5) is 19.1. The van der Waals surface area contributed by atoms with Crippen molar-refractivity contribution in [3.05, 3.63) is 88.4 Å². The summed E-state index contributed by atoms with van der Waals surface area (Å²) in [6.07, 6.45) is 1.64. The molecule has 1 N–H and O–H groups in total. The van der Waals surface area contributed by atoms with Crippen molar-refractivity contribution in [2.45, 2.75) is 18.0 Å². The number of sulfonamides is 1. The normalized spacial score (nSPS) is 11.5. The number of benzene rings is 2. The van der Waals surface area contributed by atoms with Crippen molar-refractivity contribution in [1.82, 2.24) is 19.3 Å². The first-order valence-corrected chi connectivity index (χ1v) is 11.0. The third-order valence-corrected chi connectivity index (χ3v) is 6.22. The van der Waals surface area contributed by atoms with Crippen molar-refractivity contribution in [3.63, 3.8) is 0 Å². The van der Waals surface area contributed by atoms with Gasteiger partial charge in [0.25, 0.3) is 5.69 Å². The average molecular weight is 453 g/mol.